The minimum atomic E-state index is -0.661. The molecule has 2 aromatic carbocycles. The minimum absolute atomic E-state index is 0.152. The van der Waals surface area contributed by atoms with Gasteiger partial charge in [-0.1, -0.05) is 36.4 Å². The van der Waals surface area contributed by atoms with Crippen LogP contribution >= 0.6 is 0 Å². The summed E-state index contributed by atoms with van der Waals surface area (Å²) in [6.07, 6.45) is -0.916. The van der Waals surface area contributed by atoms with Gasteiger partial charge in [0.25, 0.3) is 5.91 Å². The van der Waals surface area contributed by atoms with Crippen LogP contribution in [0.25, 0.3) is 0 Å². The zero-order chi connectivity index (χ0) is 16.5. The van der Waals surface area contributed by atoms with Gasteiger partial charge in [-0.25, -0.2) is 0 Å². The van der Waals surface area contributed by atoms with Gasteiger partial charge in [-0.15, -0.1) is 0 Å². The highest BCUT2D eigenvalue weighted by molar-refractivity contribution is 5.94. The monoisotopic (exact) mass is 314 g/mol. The Balaban J connectivity index is 1.67. The van der Waals surface area contributed by atoms with Gasteiger partial charge in [-0.05, 0) is 31.2 Å². The molecule has 2 aromatic rings. The molecule has 1 amide bonds. The third kappa shape index (κ3) is 6.10. The Kier molecular flexibility index (Phi) is 6.59. The second-order valence-electron chi connectivity index (χ2n) is 5.25. The Morgan fingerprint density at radius 3 is 2.35 bits per heavy atom. The van der Waals surface area contributed by atoms with Crippen molar-refractivity contribution in [2.24, 2.45) is 0 Å². The average molecular weight is 314 g/mol. The zero-order valence-electron chi connectivity index (χ0n) is 13.1. The lowest BCUT2D eigenvalue weighted by Gasteiger charge is -2.18. The molecule has 0 aliphatic heterocycles. The summed E-state index contributed by atoms with van der Waals surface area (Å²) in [5.74, 6) is 0.567. The fourth-order valence-corrected chi connectivity index (χ4v) is 2.00. The Morgan fingerprint density at radius 1 is 1.09 bits per heavy atom. The fraction of sp³-hybridized carbons (Fsp3) is 0.278. The highest BCUT2D eigenvalue weighted by atomic mass is 16.5. The summed E-state index contributed by atoms with van der Waals surface area (Å²) in [7, 11) is 0. The van der Waals surface area contributed by atoms with Crippen molar-refractivity contribution in [2.45, 2.75) is 19.2 Å². The normalized spacial score (nSPS) is 13.1. The first-order valence-corrected chi connectivity index (χ1v) is 7.60. The van der Waals surface area contributed by atoms with Crippen molar-refractivity contribution in [1.29, 1.82) is 0 Å². The number of benzene rings is 2. The second kappa shape index (κ2) is 8.92. The molecule has 0 heterocycles. The van der Waals surface area contributed by atoms with Crippen LogP contribution in [-0.4, -0.2) is 36.4 Å². The quantitative estimate of drug-likeness (QED) is 0.650. The van der Waals surface area contributed by atoms with E-state index in [1.54, 1.807) is 12.1 Å². The minimum Gasteiger partial charge on any atom is -0.491 e. The molecule has 0 fully saturated rings. The molecule has 0 radical (unpaired) electrons. The van der Waals surface area contributed by atoms with E-state index < -0.39 is 6.10 Å². The number of carbonyl (C=O) groups is 1. The van der Waals surface area contributed by atoms with Crippen molar-refractivity contribution in [3.05, 3.63) is 66.2 Å². The van der Waals surface area contributed by atoms with Crippen molar-refractivity contribution in [3.63, 3.8) is 0 Å². The molecule has 0 spiro atoms. The molecule has 2 atom stereocenters. The number of rotatable bonds is 8. The molecule has 23 heavy (non-hydrogen) atoms. The molecule has 0 aliphatic rings. The Bertz CT molecular complexity index is 590. The van der Waals surface area contributed by atoms with Crippen LogP contribution in [0.15, 0.2) is 60.7 Å². The Hall–Kier alpha value is -2.37. The molecule has 2 rings (SSSR count). The summed E-state index contributed by atoms with van der Waals surface area (Å²) in [5, 5.41) is 15.8. The van der Waals surface area contributed by atoms with E-state index in [1.807, 2.05) is 55.5 Å². The highest BCUT2D eigenvalue weighted by Crippen LogP contribution is 2.08. The number of aliphatic hydroxyl groups excluding tert-OH is 1. The van der Waals surface area contributed by atoms with Crippen molar-refractivity contribution in [3.8, 4) is 5.75 Å². The smallest absolute Gasteiger partial charge is 0.252 e. The lowest BCUT2D eigenvalue weighted by atomic mass is 10.2. The number of amides is 1. The summed E-state index contributed by atoms with van der Waals surface area (Å²) in [4.78, 5) is 12.0. The zero-order valence-corrected chi connectivity index (χ0v) is 13.1. The largest absolute Gasteiger partial charge is 0.491 e. The molecular formula is C18H22N2O3. The predicted molar refractivity (Wildman–Crippen MR) is 89.3 cm³/mol. The van der Waals surface area contributed by atoms with E-state index in [0.717, 1.165) is 5.75 Å². The number of aliphatic hydroxyl groups is 1. The van der Waals surface area contributed by atoms with Crippen molar-refractivity contribution < 1.29 is 14.6 Å². The molecule has 5 heteroatoms. The molecule has 0 bridgehead atoms. The molecule has 0 saturated carbocycles. The molecule has 0 aliphatic carbocycles. The van der Waals surface area contributed by atoms with Crippen LogP contribution in [0, 0.1) is 0 Å². The van der Waals surface area contributed by atoms with Gasteiger partial charge in [0, 0.05) is 12.1 Å². The first kappa shape index (κ1) is 17.0. The molecular weight excluding hydrogens is 292 g/mol. The highest BCUT2D eigenvalue weighted by Gasteiger charge is 2.11. The lowest BCUT2D eigenvalue weighted by Crippen LogP contribution is -2.46. The SMILES string of the molecule is CC(NCC(O)COc1ccccc1)NC(=O)c1ccccc1. The Labute approximate surface area is 136 Å². The van der Waals surface area contributed by atoms with Crippen LogP contribution in [0.4, 0.5) is 0 Å². The molecule has 0 saturated heterocycles. The predicted octanol–water partition coefficient (Wildman–Crippen LogP) is 1.79. The van der Waals surface area contributed by atoms with Gasteiger partial charge in [0.05, 0.1) is 6.17 Å². The van der Waals surface area contributed by atoms with Crippen LogP contribution in [0.3, 0.4) is 0 Å². The fourth-order valence-electron chi connectivity index (χ4n) is 2.00. The summed E-state index contributed by atoms with van der Waals surface area (Å²) >= 11 is 0. The maximum absolute atomic E-state index is 12.0. The maximum Gasteiger partial charge on any atom is 0.252 e. The topological polar surface area (TPSA) is 70.6 Å². The summed E-state index contributed by atoms with van der Waals surface area (Å²) < 4.78 is 5.47. The summed E-state index contributed by atoms with van der Waals surface area (Å²) in [6.45, 7) is 2.34. The third-order valence-electron chi connectivity index (χ3n) is 3.23. The number of nitrogens with one attached hydrogen (secondary N) is 2. The van der Waals surface area contributed by atoms with Crippen LogP contribution in [-0.2, 0) is 0 Å². The van der Waals surface area contributed by atoms with Gasteiger partial charge in [-0.2, -0.15) is 0 Å². The summed E-state index contributed by atoms with van der Waals surface area (Å²) in [5.41, 5.74) is 0.606. The van der Waals surface area contributed by atoms with Gasteiger partial charge in [-0.3, -0.25) is 10.1 Å². The average Bonchev–Trinajstić information content (AvgIpc) is 2.60. The Morgan fingerprint density at radius 2 is 1.70 bits per heavy atom. The van der Waals surface area contributed by atoms with E-state index in [1.165, 1.54) is 0 Å². The standard InChI is InChI=1S/C18H22N2O3/c1-14(20-18(22)15-8-4-2-5-9-15)19-12-16(21)13-23-17-10-6-3-7-11-17/h2-11,14,16,19,21H,12-13H2,1H3,(H,20,22). The third-order valence-corrected chi connectivity index (χ3v) is 3.23. The van der Waals surface area contributed by atoms with Gasteiger partial charge >= 0.3 is 0 Å². The number of para-hydroxylation sites is 1. The van der Waals surface area contributed by atoms with Gasteiger partial charge in [0.2, 0.25) is 0 Å². The first-order valence-electron chi connectivity index (χ1n) is 7.60. The van der Waals surface area contributed by atoms with Gasteiger partial charge in [0.15, 0.2) is 0 Å². The van der Waals surface area contributed by atoms with Gasteiger partial charge < -0.3 is 15.2 Å². The van der Waals surface area contributed by atoms with Crippen LogP contribution < -0.4 is 15.4 Å². The number of carbonyl (C=O) groups excluding carboxylic acids is 1. The van der Waals surface area contributed by atoms with Crippen LogP contribution in [0.1, 0.15) is 17.3 Å². The van der Waals surface area contributed by atoms with Crippen LogP contribution in [0.5, 0.6) is 5.75 Å². The van der Waals surface area contributed by atoms with E-state index in [9.17, 15) is 9.90 Å². The van der Waals surface area contributed by atoms with E-state index >= 15 is 0 Å². The van der Waals surface area contributed by atoms with E-state index in [-0.39, 0.29) is 18.7 Å². The van der Waals surface area contributed by atoms with Crippen molar-refractivity contribution >= 4 is 5.91 Å². The van der Waals surface area contributed by atoms with Gasteiger partial charge in [0.1, 0.15) is 18.5 Å². The molecule has 0 aromatic heterocycles. The summed E-state index contributed by atoms with van der Waals surface area (Å²) in [6, 6.07) is 18.3. The number of hydrogen-bond donors (Lipinski definition) is 3. The molecule has 2 unspecified atom stereocenters. The van der Waals surface area contributed by atoms with E-state index in [0.29, 0.717) is 12.1 Å². The van der Waals surface area contributed by atoms with E-state index in [4.69, 9.17) is 4.74 Å². The van der Waals surface area contributed by atoms with Crippen molar-refractivity contribution in [2.75, 3.05) is 13.2 Å². The maximum atomic E-state index is 12.0. The first-order chi connectivity index (χ1) is 11.1. The number of ether oxygens (including phenoxy) is 1. The lowest BCUT2D eigenvalue weighted by molar-refractivity contribution is 0.0895. The molecule has 5 nitrogen and oxygen atoms in total. The second-order valence-corrected chi connectivity index (χ2v) is 5.25. The molecule has 122 valence electrons. The van der Waals surface area contributed by atoms with Crippen molar-refractivity contribution in [1.82, 2.24) is 10.6 Å². The van der Waals surface area contributed by atoms with E-state index in [2.05, 4.69) is 10.6 Å². The molecule has 3 N–H and O–H groups in total. The van der Waals surface area contributed by atoms with Crippen LogP contribution in [0.2, 0.25) is 0 Å². The number of hydrogen-bond acceptors (Lipinski definition) is 4.